The fraction of sp³-hybridized carbons (Fsp3) is 0.529. The summed E-state index contributed by atoms with van der Waals surface area (Å²) in [4.78, 5) is 35.7. The van der Waals surface area contributed by atoms with Crippen LogP contribution in [0.25, 0.3) is 0 Å². The Bertz CT molecular complexity index is 769. The van der Waals surface area contributed by atoms with Crippen molar-refractivity contribution in [1.82, 2.24) is 24.8 Å². The molecule has 1 saturated carbocycles. The summed E-state index contributed by atoms with van der Waals surface area (Å²) in [6.07, 6.45) is 8.75. The van der Waals surface area contributed by atoms with Crippen LogP contribution in [-0.2, 0) is 6.54 Å². The van der Waals surface area contributed by atoms with Crippen molar-refractivity contribution in [1.29, 1.82) is 0 Å². The topological polar surface area (TPSA) is 92.7 Å². The number of hydrogen-bond donors (Lipinski definition) is 2. The number of imidazole rings is 1. The Kier molecular flexibility index (Phi) is 4.26. The number of nitrogens with one attached hydrogen (secondary N) is 2. The van der Waals surface area contributed by atoms with Gasteiger partial charge in [0.15, 0.2) is 0 Å². The van der Waals surface area contributed by atoms with Crippen LogP contribution in [0.4, 0.5) is 0 Å². The van der Waals surface area contributed by atoms with Gasteiger partial charge in [0, 0.05) is 31.1 Å². The Labute approximate surface area is 140 Å². The standard InChI is InChI=1S/C17H23N5O2/c1-17(2,3)13(9-22-7-6-18-10-22)20-15(23)12-8-19-14(11-4-5-11)21-16(12)24/h6-8,10-11,13H,4-5,9H2,1-3H3,(H,20,23)(H,19,21,24). The molecule has 0 spiro atoms. The Morgan fingerprint density at radius 2 is 2.21 bits per heavy atom. The Balaban J connectivity index is 1.76. The monoisotopic (exact) mass is 329 g/mol. The highest BCUT2D eigenvalue weighted by Crippen LogP contribution is 2.37. The average Bonchev–Trinajstić information content (AvgIpc) is 3.23. The van der Waals surface area contributed by atoms with Crippen LogP contribution in [0.15, 0.2) is 29.7 Å². The summed E-state index contributed by atoms with van der Waals surface area (Å²) in [5.41, 5.74) is -0.493. The maximum absolute atomic E-state index is 12.6. The summed E-state index contributed by atoms with van der Waals surface area (Å²) in [5.74, 6) is 0.631. The van der Waals surface area contributed by atoms with Crippen molar-refractivity contribution in [2.24, 2.45) is 5.41 Å². The number of H-pyrrole nitrogens is 1. The molecule has 0 aromatic carbocycles. The molecule has 7 nitrogen and oxygen atoms in total. The minimum atomic E-state index is -0.397. The zero-order chi connectivity index (χ0) is 17.3. The molecular weight excluding hydrogens is 306 g/mol. The van der Waals surface area contributed by atoms with Crippen LogP contribution in [0.2, 0.25) is 0 Å². The summed E-state index contributed by atoms with van der Waals surface area (Å²) in [7, 11) is 0. The lowest BCUT2D eigenvalue weighted by atomic mass is 9.86. The molecule has 1 amide bonds. The fourth-order valence-electron chi connectivity index (χ4n) is 2.51. The molecule has 0 bridgehead atoms. The number of carbonyl (C=O) groups excluding carboxylic acids is 1. The average molecular weight is 329 g/mol. The van der Waals surface area contributed by atoms with Crippen molar-refractivity contribution >= 4 is 5.91 Å². The van der Waals surface area contributed by atoms with Crippen LogP contribution < -0.4 is 10.9 Å². The zero-order valence-corrected chi connectivity index (χ0v) is 14.2. The highest BCUT2D eigenvalue weighted by molar-refractivity contribution is 5.93. The highest BCUT2D eigenvalue weighted by Gasteiger charge is 2.29. The molecule has 2 aromatic rings. The summed E-state index contributed by atoms with van der Waals surface area (Å²) in [6, 6.07) is -0.151. The van der Waals surface area contributed by atoms with Crippen LogP contribution in [0.1, 0.15) is 55.7 Å². The number of aromatic nitrogens is 4. The molecule has 0 saturated heterocycles. The molecule has 1 unspecified atom stereocenters. The maximum atomic E-state index is 12.6. The van der Waals surface area contributed by atoms with E-state index in [1.54, 1.807) is 12.5 Å². The molecule has 0 radical (unpaired) electrons. The van der Waals surface area contributed by atoms with Crippen molar-refractivity contribution in [2.75, 3.05) is 0 Å². The summed E-state index contributed by atoms with van der Waals surface area (Å²) in [6.45, 7) is 6.73. The first kappa shape index (κ1) is 16.4. The highest BCUT2D eigenvalue weighted by atomic mass is 16.2. The summed E-state index contributed by atoms with van der Waals surface area (Å²) >= 11 is 0. The van der Waals surface area contributed by atoms with E-state index in [2.05, 4.69) is 20.3 Å². The third-order valence-corrected chi connectivity index (χ3v) is 4.33. The molecule has 0 aliphatic heterocycles. The third-order valence-electron chi connectivity index (χ3n) is 4.33. The van der Waals surface area contributed by atoms with E-state index in [1.165, 1.54) is 6.20 Å². The van der Waals surface area contributed by atoms with Crippen LogP contribution >= 0.6 is 0 Å². The largest absolute Gasteiger partial charge is 0.347 e. The second kappa shape index (κ2) is 6.22. The van der Waals surface area contributed by atoms with Crippen molar-refractivity contribution in [3.8, 4) is 0 Å². The van der Waals surface area contributed by atoms with Crippen molar-refractivity contribution in [2.45, 2.75) is 52.1 Å². The van der Waals surface area contributed by atoms with Gasteiger partial charge in [-0.3, -0.25) is 9.59 Å². The predicted octanol–water partition coefficient (Wildman–Crippen LogP) is 1.69. The maximum Gasteiger partial charge on any atom is 0.263 e. The lowest BCUT2D eigenvalue weighted by molar-refractivity contribution is 0.0890. The van der Waals surface area contributed by atoms with Gasteiger partial charge in [0.25, 0.3) is 11.5 Å². The number of hydrogen-bond acceptors (Lipinski definition) is 4. The minimum absolute atomic E-state index is 0.0549. The van der Waals surface area contributed by atoms with Gasteiger partial charge in [0.2, 0.25) is 0 Å². The van der Waals surface area contributed by atoms with E-state index < -0.39 is 5.91 Å². The molecule has 128 valence electrons. The van der Waals surface area contributed by atoms with Crippen LogP contribution in [0, 0.1) is 5.41 Å². The zero-order valence-electron chi connectivity index (χ0n) is 14.2. The van der Waals surface area contributed by atoms with Gasteiger partial charge in [0.1, 0.15) is 11.4 Å². The lowest BCUT2D eigenvalue weighted by Gasteiger charge is -2.31. The van der Waals surface area contributed by atoms with Gasteiger partial charge in [-0.1, -0.05) is 20.8 Å². The Morgan fingerprint density at radius 1 is 1.46 bits per heavy atom. The minimum Gasteiger partial charge on any atom is -0.347 e. The fourth-order valence-corrected chi connectivity index (χ4v) is 2.51. The predicted molar refractivity (Wildman–Crippen MR) is 89.8 cm³/mol. The number of nitrogens with zero attached hydrogens (tertiary/aromatic N) is 3. The second-order valence-corrected chi connectivity index (χ2v) is 7.44. The number of carbonyl (C=O) groups is 1. The summed E-state index contributed by atoms with van der Waals surface area (Å²) in [5, 5.41) is 2.97. The molecule has 1 atom stereocenters. The number of aromatic amines is 1. The van der Waals surface area contributed by atoms with E-state index in [0.29, 0.717) is 18.3 Å². The van der Waals surface area contributed by atoms with Gasteiger partial charge in [0.05, 0.1) is 12.4 Å². The van der Waals surface area contributed by atoms with Crippen molar-refractivity contribution < 1.29 is 4.79 Å². The first-order chi connectivity index (χ1) is 11.3. The number of rotatable bonds is 5. The van der Waals surface area contributed by atoms with Crippen LogP contribution in [0.3, 0.4) is 0 Å². The molecule has 1 aliphatic carbocycles. The first-order valence-electron chi connectivity index (χ1n) is 8.20. The van der Waals surface area contributed by atoms with E-state index in [9.17, 15) is 9.59 Å². The van der Waals surface area contributed by atoms with E-state index in [-0.39, 0.29) is 22.6 Å². The third kappa shape index (κ3) is 3.72. The van der Waals surface area contributed by atoms with E-state index in [0.717, 1.165) is 12.8 Å². The van der Waals surface area contributed by atoms with Crippen molar-refractivity contribution in [3.05, 3.63) is 46.7 Å². The quantitative estimate of drug-likeness (QED) is 0.873. The molecular formula is C17H23N5O2. The number of amides is 1. The van der Waals surface area contributed by atoms with Gasteiger partial charge in [-0.05, 0) is 18.3 Å². The SMILES string of the molecule is CC(C)(C)C(Cn1ccnc1)NC(=O)c1cnc(C2CC2)[nH]c1=O. The van der Waals surface area contributed by atoms with E-state index in [4.69, 9.17) is 0 Å². The lowest BCUT2D eigenvalue weighted by Crippen LogP contribution is -2.47. The molecule has 1 aliphatic rings. The van der Waals surface area contributed by atoms with E-state index in [1.807, 2.05) is 31.5 Å². The molecule has 7 heteroatoms. The Morgan fingerprint density at radius 3 is 2.75 bits per heavy atom. The van der Waals surface area contributed by atoms with Crippen LogP contribution in [-0.4, -0.2) is 31.5 Å². The second-order valence-electron chi connectivity index (χ2n) is 7.44. The van der Waals surface area contributed by atoms with Gasteiger partial charge in [-0.15, -0.1) is 0 Å². The van der Waals surface area contributed by atoms with Gasteiger partial charge in [-0.25, -0.2) is 9.97 Å². The van der Waals surface area contributed by atoms with Gasteiger partial charge in [-0.2, -0.15) is 0 Å². The molecule has 3 rings (SSSR count). The van der Waals surface area contributed by atoms with Crippen LogP contribution in [0.5, 0.6) is 0 Å². The Hall–Kier alpha value is -2.44. The first-order valence-corrected chi connectivity index (χ1v) is 8.20. The molecule has 24 heavy (non-hydrogen) atoms. The molecule has 2 aromatic heterocycles. The molecule has 2 N–H and O–H groups in total. The molecule has 1 fully saturated rings. The smallest absolute Gasteiger partial charge is 0.263 e. The molecule has 2 heterocycles. The van der Waals surface area contributed by atoms with Crippen molar-refractivity contribution in [3.63, 3.8) is 0 Å². The van der Waals surface area contributed by atoms with Gasteiger partial charge >= 0.3 is 0 Å². The summed E-state index contributed by atoms with van der Waals surface area (Å²) < 4.78 is 1.91. The van der Waals surface area contributed by atoms with Gasteiger partial charge < -0.3 is 14.9 Å². The normalized spacial score (nSPS) is 16.0. The van der Waals surface area contributed by atoms with E-state index >= 15 is 0 Å².